The largest absolute Gasteiger partial charge is 0.351 e. The number of fused-ring (bicyclic) bond motifs is 1. The standard InChI is InChI=1S/C13H14N2O/c1-3-6-14-13(16)12-8-10-7-9(2)4-5-11(10)15-12/h3-5,7-8,15H,1,6H2,2H3,(H,14,16). The summed E-state index contributed by atoms with van der Waals surface area (Å²) in [4.78, 5) is 14.8. The first-order valence-corrected chi connectivity index (χ1v) is 5.19. The molecule has 16 heavy (non-hydrogen) atoms. The summed E-state index contributed by atoms with van der Waals surface area (Å²) in [5.74, 6) is -0.103. The van der Waals surface area contributed by atoms with Crippen molar-refractivity contribution in [3.8, 4) is 0 Å². The minimum atomic E-state index is -0.103. The zero-order valence-electron chi connectivity index (χ0n) is 9.21. The zero-order chi connectivity index (χ0) is 11.5. The topological polar surface area (TPSA) is 44.9 Å². The molecule has 0 atom stereocenters. The molecule has 0 spiro atoms. The van der Waals surface area contributed by atoms with Crippen molar-refractivity contribution >= 4 is 16.8 Å². The van der Waals surface area contributed by atoms with Crippen molar-refractivity contribution in [1.29, 1.82) is 0 Å². The lowest BCUT2D eigenvalue weighted by Gasteiger charge is -1.97. The van der Waals surface area contributed by atoms with E-state index in [0.29, 0.717) is 12.2 Å². The zero-order valence-corrected chi connectivity index (χ0v) is 9.21. The van der Waals surface area contributed by atoms with E-state index in [9.17, 15) is 4.79 Å². The van der Waals surface area contributed by atoms with Gasteiger partial charge in [0.2, 0.25) is 0 Å². The Morgan fingerprint density at radius 2 is 2.31 bits per heavy atom. The highest BCUT2D eigenvalue weighted by atomic mass is 16.1. The van der Waals surface area contributed by atoms with E-state index in [1.165, 1.54) is 5.56 Å². The lowest BCUT2D eigenvalue weighted by molar-refractivity contribution is 0.0954. The van der Waals surface area contributed by atoms with Crippen LogP contribution in [0.1, 0.15) is 16.1 Å². The highest BCUT2D eigenvalue weighted by Crippen LogP contribution is 2.16. The maximum absolute atomic E-state index is 11.7. The van der Waals surface area contributed by atoms with E-state index >= 15 is 0 Å². The van der Waals surface area contributed by atoms with Gasteiger partial charge in [-0.1, -0.05) is 17.7 Å². The van der Waals surface area contributed by atoms with Gasteiger partial charge >= 0.3 is 0 Å². The van der Waals surface area contributed by atoms with E-state index in [0.717, 1.165) is 10.9 Å². The lowest BCUT2D eigenvalue weighted by Crippen LogP contribution is -2.23. The van der Waals surface area contributed by atoms with Gasteiger partial charge in [-0.25, -0.2) is 0 Å². The highest BCUT2D eigenvalue weighted by molar-refractivity contribution is 5.98. The Morgan fingerprint density at radius 1 is 1.50 bits per heavy atom. The monoisotopic (exact) mass is 214 g/mol. The molecule has 0 saturated carbocycles. The van der Waals surface area contributed by atoms with E-state index in [2.05, 4.69) is 22.9 Å². The summed E-state index contributed by atoms with van der Waals surface area (Å²) in [6.07, 6.45) is 1.66. The molecule has 82 valence electrons. The third-order valence-corrected chi connectivity index (χ3v) is 2.43. The first kappa shape index (κ1) is 10.5. The number of hydrogen-bond donors (Lipinski definition) is 2. The predicted octanol–water partition coefficient (Wildman–Crippen LogP) is 2.39. The third kappa shape index (κ3) is 1.98. The number of aromatic nitrogens is 1. The van der Waals surface area contributed by atoms with Crippen LogP contribution < -0.4 is 5.32 Å². The number of rotatable bonds is 3. The molecule has 0 fully saturated rings. The molecule has 0 aliphatic rings. The minimum absolute atomic E-state index is 0.103. The number of amides is 1. The summed E-state index contributed by atoms with van der Waals surface area (Å²) in [5, 5.41) is 3.79. The second kappa shape index (κ2) is 4.23. The van der Waals surface area contributed by atoms with Crippen LogP contribution in [0.5, 0.6) is 0 Å². The molecular weight excluding hydrogens is 200 g/mol. The summed E-state index contributed by atoms with van der Waals surface area (Å²) in [7, 11) is 0. The van der Waals surface area contributed by atoms with Crippen molar-refractivity contribution < 1.29 is 4.79 Å². The van der Waals surface area contributed by atoms with Crippen molar-refractivity contribution in [2.24, 2.45) is 0 Å². The molecule has 0 aliphatic heterocycles. The van der Waals surface area contributed by atoms with Gasteiger partial charge in [0.1, 0.15) is 5.69 Å². The van der Waals surface area contributed by atoms with Crippen molar-refractivity contribution in [3.05, 3.63) is 48.2 Å². The molecule has 1 heterocycles. The van der Waals surface area contributed by atoms with Crippen molar-refractivity contribution in [2.75, 3.05) is 6.54 Å². The van der Waals surface area contributed by atoms with Gasteiger partial charge in [0, 0.05) is 17.4 Å². The van der Waals surface area contributed by atoms with Gasteiger partial charge in [-0.05, 0) is 25.1 Å². The Labute approximate surface area is 94.2 Å². The Balaban J connectivity index is 2.32. The van der Waals surface area contributed by atoms with E-state index in [1.807, 2.05) is 25.1 Å². The number of carbonyl (C=O) groups excluding carboxylic acids is 1. The normalized spacial score (nSPS) is 10.3. The van der Waals surface area contributed by atoms with E-state index in [1.54, 1.807) is 6.08 Å². The van der Waals surface area contributed by atoms with Gasteiger partial charge < -0.3 is 10.3 Å². The molecule has 3 nitrogen and oxygen atoms in total. The fourth-order valence-corrected chi connectivity index (χ4v) is 1.63. The average molecular weight is 214 g/mol. The second-order valence-corrected chi connectivity index (χ2v) is 3.77. The SMILES string of the molecule is C=CCNC(=O)c1cc2cc(C)ccc2[nH]1. The molecule has 3 heteroatoms. The Hall–Kier alpha value is -2.03. The molecule has 0 bridgehead atoms. The van der Waals surface area contributed by atoms with Crippen molar-refractivity contribution in [2.45, 2.75) is 6.92 Å². The second-order valence-electron chi connectivity index (χ2n) is 3.77. The van der Waals surface area contributed by atoms with E-state index in [-0.39, 0.29) is 5.91 Å². The smallest absolute Gasteiger partial charge is 0.267 e. The Morgan fingerprint density at radius 3 is 3.06 bits per heavy atom. The first-order chi connectivity index (χ1) is 7.70. The van der Waals surface area contributed by atoms with Gasteiger partial charge in [-0.3, -0.25) is 4.79 Å². The molecule has 2 aromatic rings. The van der Waals surface area contributed by atoms with E-state index < -0.39 is 0 Å². The molecule has 0 saturated heterocycles. The summed E-state index contributed by atoms with van der Waals surface area (Å²) in [6.45, 7) is 6.07. The van der Waals surface area contributed by atoms with Crippen LogP contribution in [0.3, 0.4) is 0 Å². The first-order valence-electron chi connectivity index (χ1n) is 5.19. The Bertz CT molecular complexity index is 540. The van der Waals surface area contributed by atoms with Crippen LogP contribution in [0.4, 0.5) is 0 Å². The van der Waals surface area contributed by atoms with Crippen LogP contribution in [0, 0.1) is 6.92 Å². The number of H-pyrrole nitrogens is 1. The van der Waals surface area contributed by atoms with E-state index in [4.69, 9.17) is 0 Å². The predicted molar refractivity (Wildman–Crippen MR) is 65.6 cm³/mol. The quantitative estimate of drug-likeness (QED) is 0.757. The highest BCUT2D eigenvalue weighted by Gasteiger charge is 2.07. The van der Waals surface area contributed by atoms with Crippen LogP contribution in [0.25, 0.3) is 10.9 Å². The van der Waals surface area contributed by atoms with Crippen LogP contribution in [-0.2, 0) is 0 Å². The molecule has 0 unspecified atom stereocenters. The number of hydrogen-bond acceptors (Lipinski definition) is 1. The molecule has 2 rings (SSSR count). The third-order valence-electron chi connectivity index (χ3n) is 2.43. The number of benzene rings is 1. The molecule has 0 aliphatic carbocycles. The minimum Gasteiger partial charge on any atom is -0.351 e. The molecule has 1 amide bonds. The van der Waals surface area contributed by atoms with Gasteiger partial charge in [-0.15, -0.1) is 6.58 Å². The summed E-state index contributed by atoms with van der Waals surface area (Å²) >= 11 is 0. The maximum atomic E-state index is 11.7. The van der Waals surface area contributed by atoms with Crippen LogP contribution >= 0.6 is 0 Å². The van der Waals surface area contributed by atoms with Crippen LogP contribution in [0.15, 0.2) is 36.9 Å². The maximum Gasteiger partial charge on any atom is 0.267 e. The molecule has 1 aromatic carbocycles. The molecule has 2 N–H and O–H groups in total. The van der Waals surface area contributed by atoms with Crippen LogP contribution in [0.2, 0.25) is 0 Å². The fourth-order valence-electron chi connectivity index (χ4n) is 1.63. The van der Waals surface area contributed by atoms with Gasteiger partial charge in [0.15, 0.2) is 0 Å². The van der Waals surface area contributed by atoms with Crippen LogP contribution in [-0.4, -0.2) is 17.4 Å². The van der Waals surface area contributed by atoms with Gasteiger partial charge in [0.25, 0.3) is 5.91 Å². The number of carbonyl (C=O) groups is 1. The van der Waals surface area contributed by atoms with Gasteiger partial charge in [0.05, 0.1) is 0 Å². The van der Waals surface area contributed by atoms with Gasteiger partial charge in [-0.2, -0.15) is 0 Å². The van der Waals surface area contributed by atoms with Crippen molar-refractivity contribution in [3.63, 3.8) is 0 Å². The van der Waals surface area contributed by atoms with Crippen molar-refractivity contribution in [1.82, 2.24) is 10.3 Å². The number of nitrogens with one attached hydrogen (secondary N) is 2. The summed E-state index contributed by atoms with van der Waals surface area (Å²) in [5.41, 5.74) is 2.75. The fraction of sp³-hybridized carbons (Fsp3) is 0.154. The molecule has 0 radical (unpaired) electrons. The lowest BCUT2D eigenvalue weighted by atomic mass is 10.2. The average Bonchev–Trinajstić information content (AvgIpc) is 2.68. The summed E-state index contributed by atoms with van der Waals surface area (Å²) in [6, 6.07) is 7.91. The summed E-state index contributed by atoms with van der Waals surface area (Å²) < 4.78 is 0. The molecular formula is C13H14N2O. The number of aromatic amines is 1. The molecule has 1 aromatic heterocycles. The number of aryl methyl sites for hydroxylation is 1. The Kier molecular flexibility index (Phi) is 2.77.